The molecule has 6 heteroatoms. The molecule has 0 aliphatic rings. The SMILES string of the molecule is COC(=O)CCC(CSCCO)C(=O)O. The lowest BCUT2D eigenvalue weighted by Gasteiger charge is -2.10. The number of aliphatic hydroxyl groups excluding tert-OH is 1. The molecule has 0 aromatic carbocycles. The van der Waals surface area contributed by atoms with Gasteiger partial charge in [0.1, 0.15) is 0 Å². The lowest BCUT2D eigenvalue weighted by Crippen LogP contribution is -2.18. The number of methoxy groups -OCH3 is 1. The molecule has 0 saturated carbocycles. The van der Waals surface area contributed by atoms with Crippen molar-refractivity contribution in [3.63, 3.8) is 0 Å². The van der Waals surface area contributed by atoms with Crippen LogP contribution in [-0.4, -0.2) is 47.4 Å². The Kier molecular flexibility index (Phi) is 8.12. The summed E-state index contributed by atoms with van der Waals surface area (Å²) >= 11 is 1.37. The zero-order valence-corrected chi connectivity index (χ0v) is 9.46. The molecular formula is C9H16O5S. The molecule has 1 atom stereocenters. The lowest BCUT2D eigenvalue weighted by atomic mass is 10.1. The highest BCUT2D eigenvalue weighted by Gasteiger charge is 2.18. The molecule has 0 fully saturated rings. The zero-order chi connectivity index (χ0) is 11.7. The highest BCUT2D eigenvalue weighted by Crippen LogP contribution is 2.14. The molecule has 2 N–H and O–H groups in total. The number of hydrogen-bond donors (Lipinski definition) is 2. The van der Waals surface area contributed by atoms with Gasteiger partial charge in [-0.05, 0) is 6.42 Å². The average Bonchev–Trinajstić information content (AvgIpc) is 2.22. The van der Waals surface area contributed by atoms with Crippen LogP contribution < -0.4 is 0 Å². The van der Waals surface area contributed by atoms with Gasteiger partial charge in [0.15, 0.2) is 0 Å². The van der Waals surface area contributed by atoms with Crippen molar-refractivity contribution >= 4 is 23.7 Å². The number of thioether (sulfide) groups is 1. The van der Waals surface area contributed by atoms with Gasteiger partial charge in [-0.25, -0.2) is 0 Å². The predicted octanol–water partition coefficient (Wildman–Crippen LogP) is 0.366. The number of carboxylic acids is 1. The van der Waals surface area contributed by atoms with Crippen molar-refractivity contribution in [2.24, 2.45) is 5.92 Å². The van der Waals surface area contributed by atoms with Crippen LogP contribution in [0, 0.1) is 5.92 Å². The van der Waals surface area contributed by atoms with Crippen molar-refractivity contribution in [1.82, 2.24) is 0 Å². The minimum absolute atomic E-state index is 0.0357. The molecular weight excluding hydrogens is 220 g/mol. The molecule has 0 aliphatic heterocycles. The summed E-state index contributed by atoms with van der Waals surface area (Å²) in [7, 11) is 1.28. The van der Waals surface area contributed by atoms with Crippen LogP contribution in [0.2, 0.25) is 0 Å². The third kappa shape index (κ3) is 7.21. The highest BCUT2D eigenvalue weighted by molar-refractivity contribution is 7.99. The Labute approximate surface area is 92.8 Å². The molecule has 1 unspecified atom stereocenters. The van der Waals surface area contributed by atoms with Crippen molar-refractivity contribution in [3.8, 4) is 0 Å². The van der Waals surface area contributed by atoms with Crippen LogP contribution in [0.3, 0.4) is 0 Å². The van der Waals surface area contributed by atoms with E-state index in [9.17, 15) is 9.59 Å². The van der Waals surface area contributed by atoms with E-state index in [-0.39, 0.29) is 19.4 Å². The van der Waals surface area contributed by atoms with Crippen LogP contribution in [0.15, 0.2) is 0 Å². The van der Waals surface area contributed by atoms with Crippen LogP contribution in [0.5, 0.6) is 0 Å². The predicted molar refractivity (Wildman–Crippen MR) is 56.8 cm³/mol. The Hall–Kier alpha value is -0.750. The molecule has 0 bridgehead atoms. The molecule has 0 radical (unpaired) electrons. The fourth-order valence-electron chi connectivity index (χ4n) is 0.962. The summed E-state index contributed by atoms with van der Waals surface area (Å²) in [5.74, 6) is -0.937. The lowest BCUT2D eigenvalue weighted by molar-refractivity contribution is -0.143. The highest BCUT2D eigenvalue weighted by atomic mass is 32.2. The maximum Gasteiger partial charge on any atom is 0.307 e. The van der Waals surface area contributed by atoms with E-state index < -0.39 is 17.9 Å². The Morgan fingerprint density at radius 3 is 2.60 bits per heavy atom. The van der Waals surface area contributed by atoms with Crippen molar-refractivity contribution < 1.29 is 24.5 Å². The number of ether oxygens (including phenoxy) is 1. The number of carbonyl (C=O) groups is 2. The minimum atomic E-state index is -0.913. The van der Waals surface area contributed by atoms with E-state index in [4.69, 9.17) is 10.2 Å². The van der Waals surface area contributed by atoms with Gasteiger partial charge in [-0.15, -0.1) is 0 Å². The largest absolute Gasteiger partial charge is 0.481 e. The minimum Gasteiger partial charge on any atom is -0.481 e. The van der Waals surface area contributed by atoms with Crippen LogP contribution >= 0.6 is 11.8 Å². The topological polar surface area (TPSA) is 83.8 Å². The molecule has 0 saturated heterocycles. The summed E-state index contributed by atoms with van der Waals surface area (Å²) in [6, 6.07) is 0. The average molecular weight is 236 g/mol. The molecule has 15 heavy (non-hydrogen) atoms. The van der Waals surface area contributed by atoms with E-state index in [0.29, 0.717) is 11.5 Å². The van der Waals surface area contributed by atoms with E-state index in [0.717, 1.165) is 0 Å². The van der Waals surface area contributed by atoms with Gasteiger partial charge < -0.3 is 14.9 Å². The van der Waals surface area contributed by atoms with E-state index in [1.165, 1.54) is 18.9 Å². The van der Waals surface area contributed by atoms with Crippen molar-refractivity contribution in [1.29, 1.82) is 0 Å². The number of hydrogen-bond acceptors (Lipinski definition) is 5. The number of aliphatic hydroxyl groups is 1. The smallest absolute Gasteiger partial charge is 0.307 e. The van der Waals surface area contributed by atoms with E-state index in [2.05, 4.69) is 4.74 Å². The van der Waals surface area contributed by atoms with Crippen LogP contribution in [0.25, 0.3) is 0 Å². The van der Waals surface area contributed by atoms with Crippen LogP contribution in [-0.2, 0) is 14.3 Å². The first-order chi connectivity index (χ1) is 7.11. The molecule has 0 rings (SSSR count). The summed E-state index contributed by atoms with van der Waals surface area (Å²) in [6.07, 6.45) is 0.396. The van der Waals surface area contributed by atoms with Gasteiger partial charge in [0, 0.05) is 17.9 Å². The maximum absolute atomic E-state index is 10.8. The van der Waals surface area contributed by atoms with Crippen molar-refractivity contribution in [2.75, 3.05) is 25.2 Å². The Morgan fingerprint density at radius 2 is 2.13 bits per heavy atom. The maximum atomic E-state index is 10.8. The van der Waals surface area contributed by atoms with E-state index >= 15 is 0 Å². The molecule has 0 aliphatic carbocycles. The Balaban J connectivity index is 3.83. The number of carbonyl (C=O) groups excluding carboxylic acids is 1. The molecule has 88 valence electrons. The fourth-order valence-corrected chi connectivity index (χ4v) is 1.85. The third-order valence-corrected chi connectivity index (χ3v) is 2.94. The third-order valence-electron chi connectivity index (χ3n) is 1.83. The summed E-state index contributed by atoms with van der Waals surface area (Å²) in [5, 5.41) is 17.4. The molecule has 0 aromatic rings. The van der Waals surface area contributed by atoms with Crippen molar-refractivity contribution in [2.45, 2.75) is 12.8 Å². The second-order valence-corrected chi connectivity index (χ2v) is 4.10. The molecule has 5 nitrogen and oxygen atoms in total. The first-order valence-electron chi connectivity index (χ1n) is 4.60. The van der Waals surface area contributed by atoms with Gasteiger partial charge in [0.25, 0.3) is 0 Å². The molecule has 0 amide bonds. The van der Waals surface area contributed by atoms with Gasteiger partial charge >= 0.3 is 11.9 Å². The summed E-state index contributed by atoms with van der Waals surface area (Å²) in [5.41, 5.74) is 0. The Morgan fingerprint density at radius 1 is 1.47 bits per heavy atom. The Bertz CT molecular complexity index is 207. The quantitative estimate of drug-likeness (QED) is 0.468. The number of rotatable bonds is 8. The van der Waals surface area contributed by atoms with E-state index in [1.54, 1.807) is 0 Å². The number of carboxylic acid groups (broad SMARTS) is 1. The van der Waals surface area contributed by atoms with Crippen molar-refractivity contribution in [3.05, 3.63) is 0 Å². The molecule has 0 aromatic heterocycles. The molecule has 0 spiro atoms. The summed E-state index contributed by atoms with van der Waals surface area (Å²) in [6.45, 7) is 0.0357. The van der Waals surface area contributed by atoms with Crippen LogP contribution in [0.4, 0.5) is 0 Å². The summed E-state index contributed by atoms with van der Waals surface area (Å²) < 4.78 is 4.43. The first kappa shape index (κ1) is 14.2. The zero-order valence-electron chi connectivity index (χ0n) is 8.64. The normalized spacial score (nSPS) is 12.1. The number of aliphatic carboxylic acids is 1. The second kappa shape index (κ2) is 8.55. The van der Waals surface area contributed by atoms with Gasteiger partial charge in [-0.1, -0.05) is 0 Å². The first-order valence-corrected chi connectivity index (χ1v) is 5.75. The van der Waals surface area contributed by atoms with Gasteiger partial charge in [-0.3, -0.25) is 9.59 Å². The van der Waals surface area contributed by atoms with Gasteiger partial charge in [0.05, 0.1) is 19.6 Å². The number of esters is 1. The van der Waals surface area contributed by atoms with Crippen LogP contribution in [0.1, 0.15) is 12.8 Å². The fraction of sp³-hybridized carbons (Fsp3) is 0.778. The molecule has 0 heterocycles. The standard InChI is InChI=1S/C9H16O5S/c1-14-8(11)3-2-7(9(12)13)6-15-5-4-10/h7,10H,2-6H2,1H3,(H,12,13). The van der Waals surface area contributed by atoms with Gasteiger partial charge in [0.2, 0.25) is 0 Å². The summed E-state index contributed by atoms with van der Waals surface area (Å²) in [4.78, 5) is 21.6. The monoisotopic (exact) mass is 236 g/mol. The second-order valence-electron chi connectivity index (χ2n) is 2.95. The van der Waals surface area contributed by atoms with Gasteiger partial charge in [-0.2, -0.15) is 11.8 Å². The van der Waals surface area contributed by atoms with E-state index in [1.807, 2.05) is 0 Å².